The molecule has 2 heterocycles. The van der Waals surface area contributed by atoms with Crippen LogP contribution in [-0.4, -0.2) is 14.5 Å². The number of hydrogen-bond donors (Lipinski definition) is 1. The van der Waals surface area contributed by atoms with Gasteiger partial charge in [-0.1, -0.05) is 12.1 Å². The van der Waals surface area contributed by atoms with Crippen molar-refractivity contribution in [3.63, 3.8) is 0 Å². The van der Waals surface area contributed by atoms with Gasteiger partial charge in [0.2, 0.25) is 0 Å². The van der Waals surface area contributed by atoms with E-state index >= 15 is 0 Å². The first-order chi connectivity index (χ1) is 10.8. The highest BCUT2D eigenvalue weighted by Gasteiger charge is 2.06. The molecule has 0 aliphatic rings. The molecule has 112 valence electrons. The Kier molecular flexibility index (Phi) is 4.25. The summed E-state index contributed by atoms with van der Waals surface area (Å²) in [5.41, 5.74) is 9.54. The molecule has 0 fully saturated rings. The van der Waals surface area contributed by atoms with Crippen LogP contribution in [0.5, 0.6) is 0 Å². The van der Waals surface area contributed by atoms with Gasteiger partial charge >= 0.3 is 0 Å². The van der Waals surface area contributed by atoms with E-state index in [9.17, 15) is 4.39 Å². The Balaban J connectivity index is 1.75. The average molecular weight is 296 g/mol. The summed E-state index contributed by atoms with van der Waals surface area (Å²) >= 11 is 0. The molecule has 0 saturated heterocycles. The number of nitrogens with two attached hydrogens (primary N) is 1. The van der Waals surface area contributed by atoms with E-state index in [2.05, 4.69) is 14.5 Å². The van der Waals surface area contributed by atoms with Crippen molar-refractivity contribution in [3.8, 4) is 11.3 Å². The lowest BCUT2D eigenvalue weighted by molar-refractivity contribution is 0.625. The number of rotatable bonds is 5. The predicted molar refractivity (Wildman–Crippen MR) is 83.5 cm³/mol. The number of aromatic nitrogens is 3. The van der Waals surface area contributed by atoms with Crippen LogP contribution in [0.3, 0.4) is 0 Å². The van der Waals surface area contributed by atoms with Gasteiger partial charge in [-0.15, -0.1) is 0 Å². The van der Waals surface area contributed by atoms with Crippen molar-refractivity contribution in [1.82, 2.24) is 14.5 Å². The van der Waals surface area contributed by atoms with Gasteiger partial charge in [-0.2, -0.15) is 0 Å². The SMILES string of the molecule is NCc1ccc(-c2cncn2CCc2ccc(F)cc2)cn1. The van der Waals surface area contributed by atoms with E-state index in [4.69, 9.17) is 5.73 Å². The van der Waals surface area contributed by atoms with Gasteiger partial charge in [0.05, 0.1) is 23.9 Å². The minimum atomic E-state index is -0.210. The van der Waals surface area contributed by atoms with Crippen LogP contribution in [0, 0.1) is 5.82 Å². The molecule has 0 saturated carbocycles. The van der Waals surface area contributed by atoms with Crippen molar-refractivity contribution in [2.75, 3.05) is 0 Å². The third-order valence-corrected chi connectivity index (χ3v) is 3.60. The zero-order valence-corrected chi connectivity index (χ0v) is 12.1. The van der Waals surface area contributed by atoms with Crippen molar-refractivity contribution in [2.45, 2.75) is 19.5 Å². The van der Waals surface area contributed by atoms with E-state index in [1.54, 1.807) is 6.33 Å². The van der Waals surface area contributed by atoms with Gasteiger partial charge in [0, 0.05) is 24.8 Å². The molecule has 0 bridgehead atoms. The van der Waals surface area contributed by atoms with E-state index in [0.29, 0.717) is 6.54 Å². The molecule has 22 heavy (non-hydrogen) atoms. The van der Waals surface area contributed by atoms with E-state index < -0.39 is 0 Å². The van der Waals surface area contributed by atoms with E-state index in [1.807, 2.05) is 36.7 Å². The summed E-state index contributed by atoms with van der Waals surface area (Å²) in [7, 11) is 0. The fourth-order valence-electron chi connectivity index (χ4n) is 2.34. The summed E-state index contributed by atoms with van der Waals surface area (Å²) in [5, 5.41) is 0. The molecule has 0 radical (unpaired) electrons. The Labute approximate surface area is 128 Å². The van der Waals surface area contributed by atoms with Crippen molar-refractivity contribution in [1.29, 1.82) is 0 Å². The molecular formula is C17H17FN4. The van der Waals surface area contributed by atoms with Crippen molar-refractivity contribution < 1.29 is 4.39 Å². The summed E-state index contributed by atoms with van der Waals surface area (Å²) in [6, 6.07) is 10.5. The second kappa shape index (κ2) is 6.49. The number of nitrogens with zero attached hydrogens (tertiary/aromatic N) is 3. The first-order valence-electron chi connectivity index (χ1n) is 7.16. The first kappa shape index (κ1) is 14.4. The molecule has 0 unspecified atom stereocenters. The summed E-state index contributed by atoms with van der Waals surface area (Å²) < 4.78 is 15.0. The Morgan fingerprint density at radius 2 is 1.86 bits per heavy atom. The number of halogens is 1. The Morgan fingerprint density at radius 1 is 1.05 bits per heavy atom. The van der Waals surface area contributed by atoms with Crippen LogP contribution in [-0.2, 0) is 19.5 Å². The van der Waals surface area contributed by atoms with E-state index in [1.165, 1.54) is 12.1 Å². The lowest BCUT2D eigenvalue weighted by Gasteiger charge is -2.08. The highest BCUT2D eigenvalue weighted by atomic mass is 19.1. The number of benzene rings is 1. The van der Waals surface area contributed by atoms with Gasteiger partial charge in [0.15, 0.2) is 0 Å². The third kappa shape index (κ3) is 3.20. The van der Waals surface area contributed by atoms with Crippen LogP contribution in [0.15, 0.2) is 55.1 Å². The molecule has 1 aromatic carbocycles. The lowest BCUT2D eigenvalue weighted by atomic mass is 10.1. The monoisotopic (exact) mass is 296 g/mol. The molecule has 3 aromatic rings. The number of pyridine rings is 1. The maximum atomic E-state index is 12.9. The van der Waals surface area contributed by atoms with E-state index in [-0.39, 0.29) is 5.82 Å². The summed E-state index contributed by atoms with van der Waals surface area (Å²) in [5.74, 6) is -0.210. The Hall–Kier alpha value is -2.53. The number of hydrogen-bond acceptors (Lipinski definition) is 3. The smallest absolute Gasteiger partial charge is 0.123 e. The summed E-state index contributed by atoms with van der Waals surface area (Å²) in [6.07, 6.45) is 6.26. The minimum Gasteiger partial charge on any atom is -0.330 e. The zero-order valence-electron chi connectivity index (χ0n) is 12.1. The largest absolute Gasteiger partial charge is 0.330 e. The second-order valence-electron chi connectivity index (χ2n) is 5.09. The summed E-state index contributed by atoms with van der Waals surface area (Å²) in [6.45, 7) is 1.21. The van der Waals surface area contributed by atoms with Gasteiger partial charge in [-0.25, -0.2) is 9.37 Å². The Morgan fingerprint density at radius 3 is 2.55 bits per heavy atom. The van der Waals surface area contributed by atoms with Crippen LogP contribution >= 0.6 is 0 Å². The zero-order chi connectivity index (χ0) is 15.4. The van der Waals surface area contributed by atoms with Crippen LogP contribution in [0.25, 0.3) is 11.3 Å². The van der Waals surface area contributed by atoms with Gasteiger partial charge in [0.25, 0.3) is 0 Å². The molecule has 0 atom stereocenters. The molecule has 2 N–H and O–H groups in total. The highest BCUT2D eigenvalue weighted by Crippen LogP contribution is 2.19. The van der Waals surface area contributed by atoms with Crippen LogP contribution in [0.1, 0.15) is 11.3 Å². The van der Waals surface area contributed by atoms with Gasteiger partial charge in [-0.05, 0) is 36.2 Å². The maximum absolute atomic E-state index is 12.9. The summed E-state index contributed by atoms with van der Waals surface area (Å²) in [4.78, 5) is 8.53. The topological polar surface area (TPSA) is 56.7 Å². The molecule has 0 spiro atoms. The molecule has 0 amide bonds. The average Bonchev–Trinajstić information content (AvgIpc) is 3.03. The molecular weight excluding hydrogens is 279 g/mol. The lowest BCUT2D eigenvalue weighted by Crippen LogP contribution is -2.03. The van der Waals surface area contributed by atoms with Crippen molar-refractivity contribution in [2.24, 2.45) is 5.73 Å². The van der Waals surface area contributed by atoms with Crippen LogP contribution in [0.4, 0.5) is 4.39 Å². The fourth-order valence-corrected chi connectivity index (χ4v) is 2.34. The van der Waals surface area contributed by atoms with Gasteiger partial charge in [0.1, 0.15) is 5.82 Å². The molecule has 3 rings (SSSR count). The molecule has 0 aliphatic heterocycles. The minimum absolute atomic E-state index is 0.210. The quantitative estimate of drug-likeness (QED) is 0.787. The maximum Gasteiger partial charge on any atom is 0.123 e. The fraction of sp³-hybridized carbons (Fsp3) is 0.176. The molecule has 5 heteroatoms. The second-order valence-corrected chi connectivity index (χ2v) is 5.09. The molecule has 0 aliphatic carbocycles. The van der Waals surface area contributed by atoms with Gasteiger partial charge in [-0.3, -0.25) is 4.98 Å². The normalized spacial score (nSPS) is 10.8. The van der Waals surface area contributed by atoms with E-state index in [0.717, 1.165) is 35.5 Å². The van der Waals surface area contributed by atoms with Crippen molar-refractivity contribution in [3.05, 3.63) is 72.2 Å². The van der Waals surface area contributed by atoms with Crippen LogP contribution < -0.4 is 5.73 Å². The molecule has 2 aromatic heterocycles. The predicted octanol–water partition coefficient (Wildman–Crippen LogP) is 2.79. The third-order valence-electron chi connectivity index (χ3n) is 3.60. The standard InChI is InChI=1S/C17H17FN4/c18-15-4-1-13(2-5-15)7-8-22-12-20-11-17(22)14-3-6-16(9-19)21-10-14/h1-6,10-12H,7-9,19H2. The first-order valence-corrected chi connectivity index (χ1v) is 7.16. The highest BCUT2D eigenvalue weighted by molar-refractivity contribution is 5.57. The number of aryl methyl sites for hydroxylation is 2. The van der Waals surface area contributed by atoms with Gasteiger partial charge < -0.3 is 10.3 Å². The Bertz CT molecular complexity index is 732. The van der Waals surface area contributed by atoms with Crippen LogP contribution in [0.2, 0.25) is 0 Å². The van der Waals surface area contributed by atoms with Crippen molar-refractivity contribution >= 4 is 0 Å². The number of imidazole rings is 1. The molecule has 4 nitrogen and oxygen atoms in total.